The number of hydrogen-bond donors (Lipinski definition) is 1. The van der Waals surface area contributed by atoms with Crippen LogP contribution >= 0.6 is 0 Å². The first-order chi connectivity index (χ1) is 10.1. The van der Waals surface area contributed by atoms with Crippen LogP contribution in [0.4, 0.5) is 0 Å². The van der Waals surface area contributed by atoms with E-state index in [4.69, 9.17) is 21.0 Å². The van der Waals surface area contributed by atoms with Gasteiger partial charge in [-0.15, -0.1) is 0 Å². The highest BCUT2D eigenvalue weighted by Crippen LogP contribution is 2.08. The standard InChI is InChI=1S/C14H23N5O2/c1-12(17)13-10-18(8-9-21-13)11-14(20)19(6-2-4-15)7-3-5-16/h12-13H,2-3,6-11,17H2,1H3. The van der Waals surface area contributed by atoms with Crippen LogP contribution in [-0.2, 0) is 9.53 Å². The van der Waals surface area contributed by atoms with E-state index in [0.29, 0.717) is 32.8 Å². The quantitative estimate of drug-likeness (QED) is 0.690. The van der Waals surface area contributed by atoms with Crippen molar-refractivity contribution in [1.82, 2.24) is 9.80 Å². The lowest BCUT2D eigenvalue weighted by Crippen LogP contribution is -2.52. The number of nitrogens with zero attached hydrogens (tertiary/aromatic N) is 4. The maximum absolute atomic E-state index is 12.3. The number of nitriles is 2. The normalized spacial score (nSPS) is 20.3. The largest absolute Gasteiger partial charge is 0.374 e. The maximum atomic E-state index is 12.3. The third-order valence-corrected chi connectivity index (χ3v) is 3.46. The summed E-state index contributed by atoms with van der Waals surface area (Å²) in [6, 6.07) is 3.98. The van der Waals surface area contributed by atoms with Crippen LogP contribution in [0, 0.1) is 22.7 Å². The molecule has 1 amide bonds. The first-order valence-corrected chi connectivity index (χ1v) is 7.19. The Labute approximate surface area is 125 Å². The Morgan fingerprint density at radius 1 is 1.43 bits per heavy atom. The van der Waals surface area contributed by atoms with Crippen LogP contribution in [0.1, 0.15) is 19.8 Å². The molecule has 1 saturated heterocycles. The molecule has 0 aromatic rings. The molecule has 0 aromatic heterocycles. The molecule has 7 heteroatoms. The van der Waals surface area contributed by atoms with Gasteiger partial charge in [-0.3, -0.25) is 9.69 Å². The van der Waals surface area contributed by atoms with Gasteiger partial charge in [-0.2, -0.15) is 10.5 Å². The lowest BCUT2D eigenvalue weighted by Gasteiger charge is -2.35. The van der Waals surface area contributed by atoms with Crippen molar-refractivity contribution in [2.45, 2.75) is 31.9 Å². The molecule has 2 N–H and O–H groups in total. The lowest BCUT2D eigenvalue weighted by molar-refractivity contribution is -0.134. The van der Waals surface area contributed by atoms with E-state index in [9.17, 15) is 4.79 Å². The van der Waals surface area contributed by atoms with E-state index < -0.39 is 0 Å². The first kappa shape index (κ1) is 17.4. The van der Waals surface area contributed by atoms with Crippen LogP contribution in [0.5, 0.6) is 0 Å². The second kappa shape index (κ2) is 9.30. The summed E-state index contributed by atoms with van der Waals surface area (Å²) in [6.45, 7) is 4.81. The summed E-state index contributed by atoms with van der Waals surface area (Å²) in [5, 5.41) is 17.3. The van der Waals surface area contributed by atoms with E-state index in [2.05, 4.69) is 0 Å². The summed E-state index contributed by atoms with van der Waals surface area (Å²) in [5.41, 5.74) is 5.83. The minimum absolute atomic E-state index is 0.0502. The lowest BCUT2D eigenvalue weighted by atomic mass is 10.1. The molecular formula is C14H23N5O2. The highest BCUT2D eigenvalue weighted by Gasteiger charge is 2.26. The molecule has 21 heavy (non-hydrogen) atoms. The molecule has 1 fully saturated rings. The predicted octanol–water partition coefficient (Wildman–Crippen LogP) is -0.310. The van der Waals surface area contributed by atoms with Crippen molar-refractivity contribution in [2.75, 3.05) is 39.3 Å². The average molecular weight is 293 g/mol. The summed E-state index contributed by atoms with van der Waals surface area (Å²) in [4.78, 5) is 15.9. The van der Waals surface area contributed by atoms with E-state index in [1.54, 1.807) is 4.90 Å². The zero-order chi connectivity index (χ0) is 15.7. The Morgan fingerprint density at radius 3 is 2.57 bits per heavy atom. The Hall–Kier alpha value is -1.67. The van der Waals surface area contributed by atoms with Crippen molar-refractivity contribution in [3.63, 3.8) is 0 Å². The third-order valence-electron chi connectivity index (χ3n) is 3.46. The van der Waals surface area contributed by atoms with E-state index in [1.807, 2.05) is 24.0 Å². The second-order valence-corrected chi connectivity index (χ2v) is 5.20. The van der Waals surface area contributed by atoms with Crippen molar-refractivity contribution in [3.8, 4) is 12.1 Å². The molecule has 1 rings (SSSR count). The van der Waals surface area contributed by atoms with Crippen LogP contribution < -0.4 is 5.73 Å². The van der Waals surface area contributed by atoms with E-state index in [-0.39, 0.29) is 37.4 Å². The zero-order valence-electron chi connectivity index (χ0n) is 12.5. The molecule has 0 aromatic carbocycles. The fourth-order valence-electron chi connectivity index (χ4n) is 2.22. The van der Waals surface area contributed by atoms with E-state index >= 15 is 0 Å². The SMILES string of the molecule is CC(N)C1CN(CC(=O)N(CCC#N)CCC#N)CCO1. The molecule has 0 spiro atoms. The molecule has 1 aliphatic rings. The summed E-state index contributed by atoms with van der Waals surface area (Å²) >= 11 is 0. The second-order valence-electron chi connectivity index (χ2n) is 5.20. The van der Waals surface area contributed by atoms with Gasteiger partial charge in [0.1, 0.15) is 0 Å². The summed E-state index contributed by atoms with van der Waals surface area (Å²) in [7, 11) is 0. The fraction of sp³-hybridized carbons (Fsp3) is 0.786. The highest BCUT2D eigenvalue weighted by molar-refractivity contribution is 5.78. The van der Waals surface area contributed by atoms with Gasteiger partial charge in [-0.1, -0.05) is 0 Å². The van der Waals surface area contributed by atoms with Gasteiger partial charge in [0.05, 0.1) is 44.2 Å². The maximum Gasteiger partial charge on any atom is 0.236 e. The molecule has 7 nitrogen and oxygen atoms in total. The molecule has 0 saturated carbocycles. The molecule has 0 radical (unpaired) electrons. The van der Waals surface area contributed by atoms with Crippen LogP contribution in [0.2, 0.25) is 0 Å². The van der Waals surface area contributed by atoms with Gasteiger partial charge in [-0.05, 0) is 6.92 Å². The van der Waals surface area contributed by atoms with Crippen LogP contribution in [-0.4, -0.2) is 67.2 Å². The van der Waals surface area contributed by atoms with Gasteiger partial charge in [0.25, 0.3) is 0 Å². The number of rotatable bonds is 7. The number of amides is 1. The topological polar surface area (TPSA) is 106 Å². The molecule has 116 valence electrons. The van der Waals surface area contributed by atoms with Crippen molar-refractivity contribution < 1.29 is 9.53 Å². The number of ether oxygens (including phenoxy) is 1. The summed E-state index contributed by atoms with van der Waals surface area (Å²) in [5.74, 6) is -0.0502. The van der Waals surface area contributed by atoms with E-state index in [0.717, 1.165) is 0 Å². The van der Waals surface area contributed by atoms with Crippen LogP contribution in [0.15, 0.2) is 0 Å². The monoisotopic (exact) mass is 293 g/mol. The Balaban J connectivity index is 2.51. The molecule has 1 aliphatic heterocycles. The smallest absolute Gasteiger partial charge is 0.236 e. The molecule has 1 heterocycles. The molecular weight excluding hydrogens is 270 g/mol. The zero-order valence-corrected chi connectivity index (χ0v) is 12.5. The minimum Gasteiger partial charge on any atom is -0.374 e. The third kappa shape index (κ3) is 6.09. The number of nitrogens with two attached hydrogens (primary N) is 1. The molecule has 0 aliphatic carbocycles. The predicted molar refractivity (Wildman–Crippen MR) is 76.9 cm³/mol. The van der Waals surface area contributed by atoms with E-state index in [1.165, 1.54) is 0 Å². The van der Waals surface area contributed by atoms with Gasteiger partial charge < -0.3 is 15.4 Å². The molecule has 2 unspecified atom stereocenters. The first-order valence-electron chi connectivity index (χ1n) is 7.19. The van der Waals surface area contributed by atoms with Crippen molar-refractivity contribution >= 4 is 5.91 Å². The van der Waals surface area contributed by atoms with Crippen molar-refractivity contribution in [2.24, 2.45) is 5.73 Å². The number of hydrogen-bond acceptors (Lipinski definition) is 6. The number of morpholine rings is 1. The van der Waals surface area contributed by atoms with Gasteiger partial charge >= 0.3 is 0 Å². The Morgan fingerprint density at radius 2 is 2.05 bits per heavy atom. The number of carbonyl (C=O) groups is 1. The summed E-state index contributed by atoms with van der Waals surface area (Å²) < 4.78 is 5.56. The number of carbonyl (C=O) groups excluding carboxylic acids is 1. The average Bonchev–Trinajstić information content (AvgIpc) is 2.47. The van der Waals surface area contributed by atoms with Crippen molar-refractivity contribution in [1.29, 1.82) is 10.5 Å². The van der Waals surface area contributed by atoms with Crippen molar-refractivity contribution in [3.05, 3.63) is 0 Å². The van der Waals surface area contributed by atoms with Crippen LogP contribution in [0.25, 0.3) is 0 Å². The fourth-order valence-corrected chi connectivity index (χ4v) is 2.22. The summed E-state index contributed by atoms with van der Waals surface area (Å²) in [6.07, 6.45) is 0.504. The van der Waals surface area contributed by atoms with Crippen LogP contribution in [0.3, 0.4) is 0 Å². The molecule has 0 bridgehead atoms. The highest BCUT2D eigenvalue weighted by atomic mass is 16.5. The Kier molecular flexibility index (Phi) is 7.70. The Bertz CT molecular complexity index is 395. The van der Waals surface area contributed by atoms with Gasteiger partial charge in [0.15, 0.2) is 0 Å². The molecule has 2 atom stereocenters. The van der Waals surface area contributed by atoms with Gasteiger partial charge in [0, 0.05) is 32.2 Å². The minimum atomic E-state index is -0.0730. The van der Waals surface area contributed by atoms with Gasteiger partial charge in [0.2, 0.25) is 5.91 Å². The van der Waals surface area contributed by atoms with Gasteiger partial charge in [-0.25, -0.2) is 0 Å².